The van der Waals surface area contributed by atoms with Crippen molar-refractivity contribution in [2.45, 2.75) is 19.5 Å². The number of aromatic nitrogens is 2. The number of carbonyl (C=O) groups excluding carboxylic acids is 1. The van der Waals surface area contributed by atoms with Crippen molar-refractivity contribution in [2.75, 3.05) is 6.54 Å². The fraction of sp³-hybridized carbons (Fsp3) is 0.312. The lowest BCUT2D eigenvalue weighted by molar-refractivity contribution is 0.1000. The van der Waals surface area contributed by atoms with E-state index in [0.29, 0.717) is 12.1 Å². The van der Waals surface area contributed by atoms with Crippen molar-refractivity contribution in [1.29, 1.82) is 0 Å². The van der Waals surface area contributed by atoms with Gasteiger partial charge in [-0.15, -0.1) is 0 Å². The van der Waals surface area contributed by atoms with E-state index in [1.807, 2.05) is 18.2 Å². The van der Waals surface area contributed by atoms with E-state index in [0.717, 1.165) is 36.3 Å². The standard InChI is InChI=1S/C16H18N4O2/c1-19-15(21)8-13-10-20(6-5-14(13)18-19)9-11-3-2-4-12(7-11)16(17)22/h2-4,7-8H,5-6,9-10H2,1H3,(H2,17,22). The minimum absolute atomic E-state index is 0.0867. The van der Waals surface area contributed by atoms with Crippen molar-refractivity contribution < 1.29 is 4.79 Å². The SMILES string of the molecule is Cn1nc2c(cc1=O)CN(Cc1cccc(C(N)=O)c1)CC2. The highest BCUT2D eigenvalue weighted by atomic mass is 16.1. The largest absolute Gasteiger partial charge is 0.366 e. The summed E-state index contributed by atoms with van der Waals surface area (Å²) in [5.74, 6) is -0.418. The van der Waals surface area contributed by atoms with Crippen LogP contribution in [0.1, 0.15) is 27.2 Å². The Balaban J connectivity index is 1.78. The highest BCUT2D eigenvalue weighted by Crippen LogP contribution is 2.18. The van der Waals surface area contributed by atoms with Gasteiger partial charge in [0.2, 0.25) is 5.91 Å². The minimum Gasteiger partial charge on any atom is -0.366 e. The van der Waals surface area contributed by atoms with Gasteiger partial charge in [-0.05, 0) is 23.3 Å². The van der Waals surface area contributed by atoms with Crippen molar-refractivity contribution in [3.63, 3.8) is 0 Å². The lowest BCUT2D eigenvalue weighted by Crippen LogP contribution is -2.34. The molecule has 0 aliphatic carbocycles. The number of nitrogens with zero attached hydrogens (tertiary/aromatic N) is 3. The number of hydrogen-bond acceptors (Lipinski definition) is 4. The molecule has 2 aromatic rings. The molecule has 1 amide bonds. The molecule has 22 heavy (non-hydrogen) atoms. The maximum absolute atomic E-state index is 11.7. The highest BCUT2D eigenvalue weighted by Gasteiger charge is 2.19. The number of aryl methyl sites for hydroxylation is 1. The molecule has 0 spiro atoms. The smallest absolute Gasteiger partial charge is 0.266 e. The molecule has 114 valence electrons. The third-order valence-electron chi connectivity index (χ3n) is 3.93. The fourth-order valence-electron chi connectivity index (χ4n) is 2.77. The van der Waals surface area contributed by atoms with Crippen LogP contribution in [0, 0.1) is 0 Å². The molecule has 0 fully saturated rings. The summed E-state index contributed by atoms with van der Waals surface area (Å²) < 4.78 is 1.38. The first kappa shape index (κ1) is 14.5. The summed E-state index contributed by atoms with van der Waals surface area (Å²) in [5.41, 5.74) is 8.76. The van der Waals surface area contributed by atoms with Gasteiger partial charge in [0.15, 0.2) is 0 Å². The first-order valence-corrected chi connectivity index (χ1v) is 7.20. The van der Waals surface area contributed by atoms with Crippen LogP contribution in [0.5, 0.6) is 0 Å². The molecule has 6 nitrogen and oxygen atoms in total. The van der Waals surface area contributed by atoms with E-state index in [9.17, 15) is 9.59 Å². The summed E-state index contributed by atoms with van der Waals surface area (Å²) in [7, 11) is 1.67. The molecule has 3 rings (SSSR count). The molecule has 0 atom stereocenters. The van der Waals surface area contributed by atoms with Gasteiger partial charge in [0.25, 0.3) is 5.56 Å². The van der Waals surface area contributed by atoms with Gasteiger partial charge in [-0.2, -0.15) is 5.10 Å². The van der Waals surface area contributed by atoms with E-state index >= 15 is 0 Å². The molecule has 1 aliphatic rings. The summed E-state index contributed by atoms with van der Waals surface area (Å²) in [6, 6.07) is 9.01. The van der Waals surface area contributed by atoms with Crippen LogP contribution in [0.15, 0.2) is 35.1 Å². The Kier molecular flexibility index (Phi) is 3.77. The summed E-state index contributed by atoms with van der Waals surface area (Å²) >= 11 is 0. The Bertz CT molecular complexity index is 782. The average molecular weight is 298 g/mol. The topological polar surface area (TPSA) is 81.2 Å². The number of nitrogens with two attached hydrogens (primary N) is 1. The number of fused-ring (bicyclic) bond motifs is 1. The molecule has 2 N–H and O–H groups in total. The van der Waals surface area contributed by atoms with E-state index in [2.05, 4.69) is 10.00 Å². The van der Waals surface area contributed by atoms with Crippen LogP contribution in [0.3, 0.4) is 0 Å². The monoisotopic (exact) mass is 298 g/mol. The minimum atomic E-state index is -0.418. The molecular formula is C16H18N4O2. The third-order valence-corrected chi connectivity index (χ3v) is 3.93. The van der Waals surface area contributed by atoms with Gasteiger partial charge in [-0.25, -0.2) is 4.68 Å². The second kappa shape index (κ2) is 5.73. The molecular weight excluding hydrogens is 280 g/mol. The Hall–Kier alpha value is -2.47. The van der Waals surface area contributed by atoms with Gasteiger partial charge in [-0.3, -0.25) is 14.5 Å². The van der Waals surface area contributed by atoms with Crippen LogP contribution in [0.2, 0.25) is 0 Å². The molecule has 1 aromatic heterocycles. The Morgan fingerprint density at radius 1 is 1.36 bits per heavy atom. The van der Waals surface area contributed by atoms with Crippen LogP contribution in [-0.2, 0) is 26.6 Å². The number of carbonyl (C=O) groups is 1. The number of rotatable bonds is 3. The third kappa shape index (κ3) is 2.92. The van der Waals surface area contributed by atoms with E-state index in [1.54, 1.807) is 19.2 Å². The van der Waals surface area contributed by atoms with E-state index in [-0.39, 0.29) is 5.56 Å². The van der Waals surface area contributed by atoms with Gasteiger partial charge in [-0.1, -0.05) is 12.1 Å². The summed E-state index contributed by atoms with van der Waals surface area (Å²) in [6.07, 6.45) is 0.818. The molecule has 1 aliphatic heterocycles. The zero-order valence-corrected chi connectivity index (χ0v) is 12.5. The first-order chi connectivity index (χ1) is 10.5. The Labute approximate surface area is 128 Å². The molecule has 2 heterocycles. The normalized spacial score (nSPS) is 14.6. The van der Waals surface area contributed by atoms with Gasteiger partial charge >= 0.3 is 0 Å². The molecule has 6 heteroatoms. The predicted octanol–water partition coefficient (Wildman–Crippen LogP) is 0.438. The quantitative estimate of drug-likeness (QED) is 0.891. The van der Waals surface area contributed by atoms with Gasteiger partial charge < -0.3 is 5.73 Å². The highest BCUT2D eigenvalue weighted by molar-refractivity contribution is 5.92. The maximum atomic E-state index is 11.7. The van der Waals surface area contributed by atoms with E-state index in [4.69, 9.17) is 5.73 Å². The fourth-order valence-corrected chi connectivity index (χ4v) is 2.77. The first-order valence-electron chi connectivity index (χ1n) is 7.20. The molecule has 0 saturated carbocycles. The lowest BCUT2D eigenvalue weighted by atomic mass is 10.0. The summed E-state index contributed by atoms with van der Waals surface area (Å²) in [5, 5.41) is 4.31. The van der Waals surface area contributed by atoms with Crippen LogP contribution in [-0.4, -0.2) is 27.1 Å². The molecule has 0 unspecified atom stereocenters. The van der Waals surface area contributed by atoms with Gasteiger partial charge in [0.1, 0.15) is 0 Å². The van der Waals surface area contributed by atoms with Crippen molar-refractivity contribution >= 4 is 5.91 Å². The summed E-state index contributed by atoms with van der Waals surface area (Å²) in [4.78, 5) is 25.2. The maximum Gasteiger partial charge on any atom is 0.266 e. The zero-order valence-electron chi connectivity index (χ0n) is 12.5. The number of hydrogen-bond donors (Lipinski definition) is 1. The molecule has 0 bridgehead atoms. The van der Waals surface area contributed by atoms with Gasteiger partial charge in [0.05, 0.1) is 5.69 Å². The second-order valence-electron chi connectivity index (χ2n) is 5.60. The second-order valence-corrected chi connectivity index (χ2v) is 5.60. The molecule has 1 aromatic carbocycles. The Morgan fingerprint density at radius 2 is 2.18 bits per heavy atom. The lowest BCUT2D eigenvalue weighted by Gasteiger charge is -2.28. The predicted molar refractivity (Wildman–Crippen MR) is 82.3 cm³/mol. The van der Waals surface area contributed by atoms with Crippen LogP contribution in [0.25, 0.3) is 0 Å². The number of amides is 1. The van der Waals surface area contributed by atoms with Gasteiger partial charge in [0, 0.05) is 44.7 Å². The van der Waals surface area contributed by atoms with Crippen molar-refractivity contribution in [3.05, 3.63) is 63.1 Å². The molecule has 0 saturated heterocycles. The van der Waals surface area contributed by atoms with E-state index < -0.39 is 5.91 Å². The van der Waals surface area contributed by atoms with E-state index in [1.165, 1.54) is 4.68 Å². The van der Waals surface area contributed by atoms with Crippen LogP contribution in [0.4, 0.5) is 0 Å². The molecule has 0 radical (unpaired) electrons. The number of primary amides is 1. The summed E-state index contributed by atoms with van der Waals surface area (Å²) in [6.45, 7) is 2.29. The van der Waals surface area contributed by atoms with Crippen LogP contribution < -0.4 is 11.3 Å². The Morgan fingerprint density at radius 3 is 2.95 bits per heavy atom. The number of benzene rings is 1. The average Bonchev–Trinajstić information content (AvgIpc) is 2.49. The van der Waals surface area contributed by atoms with Crippen LogP contribution >= 0.6 is 0 Å². The van der Waals surface area contributed by atoms with Crippen molar-refractivity contribution in [1.82, 2.24) is 14.7 Å². The van der Waals surface area contributed by atoms with Crippen molar-refractivity contribution in [2.24, 2.45) is 12.8 Å². The van der Waals surface area contributed by atoms with Crippen molar-refractivity contribution in [3.8, 4) is 0 Å². The zero-order chi connectivity index (χ0) is 15.7.